The average molecular weight is 167 g/mol. The molecule has 0 spiro atoms. The summed E-state index contributed by atoms with van der Waals surface area (Å²) in [7, 11) is 1.87. The minimum absolute atomic E-state index is 0.0258. The molecule has 1 N–H and O–H groups in total. The molecule has 12 heavy (non-hydrogen) atoms. The van der Waals surface area contributed by atoms with E-state index in [1.165, 1.54) is 0 Å². The zero-order chi connectivity index (χ0) is 8.97. The topological polar surface area (TPSA) is 12.0 Å². The van der Waals surface area contributed by atoms with E-state index < -0.39 is 0 Å². The summed E-state index contributed by atoms with van der Waals surface area (Å²) in [6, 6.07) is 0. The van der Waals surface area contributed by atoms with Crippen molar-refractivity contribution in [3.63, 3.8) is 0 Å². The minimum Gasteiger partial charge on any atom is -0.391 e. The zero-order valence-electron chi connectivity index (χ0n) is 7.52. The molecule has 2 heteroatoms. The fourth-order valence-electron chi connectivity index (χ4n) is 1.31. The zero-order valence-corrected chi connectivity index (χ0v) is 7.52. The van der Waals surface area contributed by atoms with Gasteiger partial charge in [-0.2, -0.15) is 0 Å². The van der Waals surface area contributed by atoms with E-state index in [0.717, 1.165) is 17.7 Å². The largest absolute Gasteiger partial charge is 0.391 e. The molecule has 0 bridgehead atoms. The highest BCUT2D eigenvalue weighted by atomic mass is 19.1. The maximum Gasteiger partial charge on any atom is 0.101 e. The SMILES string of the molecule is C/C=C\C1=C(NC)CCC(F)=C1. The maximum atomic E-state index is 12.8. The fourth-order valence-corrected chi connectivity index (χ4v) is 1.31. The minimum atomic E-state index is -0.0258. The Bertz CT molecular complexity index is 249. The normalized spacial score (nSPS) is 18.4. The molecule has 0 heterocycles. The van der Waals surface area contributed by atoms with Crippen molar-refractivity contribution in [1.82, 2.24) is 5.32 Å². The maximum absolute atomic E-state index is 12.8. The van der Waals surface area contributed by atoms with E-state index in [4.69, 9.17) is 0 Å². The van der Waals surface area contributed by atoms with Gasteiger partial charge in [-0.3, -0.25) is 0 Å². The summed E-state index contributed by atoms with van der Waals surface area (Å²) in [4.78, 5) is 0. The van der Waals surface area contributed by atoms with Crippen LogP contribution in [-0.4, -0.2) is 7.05 Å². The second-order valence-corrected chi connectivity index (χ2v) is 2.78. The Hall–Kier alpha value is -1.05. The van der Waals surface area contributed by atoms with Gasteiger partial charge >= 0.3 is 0 Å². The molecule has 1 aliphatic carbocycles. The molecule has 0 unspecified atom stereocenters. The molecule has 0 saturated carbocycles. The van der Waals surface area contributed by atoms with Crippen LogP contribution in [0.3, 0.4) is 0 Å². The van der Waals surface area contributed by atoms with Crippen molar-refractivity contribution in [1.29, 1.82) is 0 Å². The number of nitrogens with one attached hydrogen (secondary N) is 1. The molecule has 0 radical (unpaired) electrons. The number of hydrogen-bond acceptors (Lipinski definition) is 1. The van der Waals surface area contributed by atoms with Gasteiger partial charge < -0.3 is 5.32 Å². The molecule has 0 amide bonds. The van der Waals surface area contributed by atoms with Gasteiger partial charge in [-0.1, -0.05) is 12.2 Å². The monoisotopic (exact) mass is 167 g/mol. The molecule has 0 aromatic heterocycles. The highest BCUT2D eigenvalue weighted by Gasteiger charge is 2.09. The van der Waals surface area contributed by atoms with Crippen LogP contribution in [0.15, 0.2) is 35.3 Å². The molecule has 0 atom stereocenters. The lowest BCUT2D eigenvalue weighted by atomic mass is 10.0. The van der Waals surface area contributed by atoms with Crippen LogP contribution in [0, 0.1) is 0 Å². The van der Waals surface area contributed by atoms with Gasteiger partial charge in [0.2, 0.25) is 0 Å². The summed E-state index contributed by atoms with van der Waals surface area (Å²) in [6.45, 7) is 1.93. The molecule has 1 nitrogen and oxygen atoms in total. The lowest BCUT2D eigenvalue weighted by Gasteiger charge is -2.14. The highest BCUT2D eigenvalue weighted by molar-refractivity contribution is 5.38. The molecule has 0 saturated heterocycles. The number of rotatable bonds is 2. The first-order valence-electron chi connectivity index (χ1n) is 4.17. The summed E-state index contributed by atoms with van der Waals surface area (Å²) < 4.78 is 12.8. The lowest BCUT2D eigenvalue weighted by molar-refractivity contribution is 0.573. The van der Waals surface area contributed by atoms with Gasteiger partial charge in [0.05, 0.1) is 0 Å². The van der Waals surface area contributed by atoms with Crippen LogP contribution in [-0.2, 0) is 0 Å². The second-order valence-electron chi connectivity index (χ2n) is 2.78. The van der Waals surface area contributed by atoms with Gasteiger partial charge in [-0.25, -0.2) is 4.39 Å². The third kappa shape index (κ3) is 1.97. The van der Waals surface area contributed by atoms with Crippen LogP contribution in [0.4, 0.5) is 4.39 Å². The third-order valence-electron chi connectivity index (χ3n) is 1.92. The smallest absolute Gasteiger partial charge is 0.101 e. The van der Waals surface area contributed by atoms with Crippen molar-refractivity contribution in [2.45, 2.75) is 19.8 Å². The van der Waals surface area contributed by atoms with Crippen molar-refractivity contribution in [2.24, 2.45) is 0 Å². The van der Waals surface area contributed by atoms with Crippen LogP contribution in [0.5, 0.6) is 0 Å². The Morgan fingerprint density at radius 2 is 2.25 bits per heavy atom. The summed E-state index contributed by atoms with van der Waals surface area (Å²) in [5.74, 6) is -0.0258. The predicted octanol–water partition coefficient (Wildman–Crippen LogP) is 2.68. The van der Waals surface area contributed by atoms with Crippen molar-refractivity contribution in [3.05, 3.63) is 35.3 Å². The van der Waals surface area contributed by atoms with Gasteiger partial charge in [0.15, 0.2) is 0 Å². The van der Waals surface area contributed by atoms with E-state index in [1.54, 1.807) is 6.08 Å². The molecule has 0 aromatic rings. The molecule has 1 aliphatic rings. The number of halogens is 1. The van der Waals surface area contributed by atoms with Crippen molar-refractivity contribution in [2.75, 3.05) is 7.05 Å². The molecule has 0 aliphatic heterocycles. The molecule has 1 rings (SSSR count). The van der Waals surface area contributed by atoms with Crippen molar-refractivity contribution >= 4 is 0 Å². The molecule has 0 aromatic carbocycles. The van der Waals surface area contributed by atoms with Crippen LogP contribution in [0.25, 0.3) is 0 Å². The lowest BCUT2D eigenvalue weighted by Crippen LogP contribution is -2.10. The quantitative estimate of drug-likeness (QED) is 0.666. The highest BCUT2D eigenvalue weighted by Crippen LogP contribution is 2.23. The van der Waals surface area contributed by atoms with Crippen LogP contribution >= 0.6 is 0 Å². The number of allylic oxidation sites excluding steroid dienone is 6. The Labute approximate surface area is 72.7 Å². The first-order chi connectivity index (χ1) is 5.77. The fraction of sp³-hybridized carbons (Fsp3) is 0.400. The van der Waals surface area contributed by atoms with Crippen LogP contribution in [0.1, 0.15) is 19.8 Å². The summed E-state index contributed by atoms with van der Waals surface area (Å²) >= 11 is 0. The Morgan fingerprint density at radius 3 is 2.83 bits per heavy atom. The predicted molar refractivity (Wildman–Crippen MR) is 49.3 cm³/mol. The van der Waals surface area contributed by atoms with E-state index in [1.807, 2.05) is 26.1 Å². The summed E-state index contributed by atoms with van der Waals surface area (Å²) in [6.07, 6.45) is 6.73. The van der Waals surface area contributed by atoms with Gasteiger partial charge in [0.25, 0.3) is 0 Å². The van der Waals surface area contributed by atoms with Crippen molar-refractivity contribution < 1.29 is 4.39 Å². The van der Waals surface area contributed by atoms with Gasteiger partial charge in [0, 0.05) is 19.2 Å². The van der Waals surface area contributed by atoms with E-state index in [-0.39, 0.29) is 5.83 Å². The second kappa shape index (κ2) is 4.10. The molecule has 0 fully saturated rings. The van der Waals surface area contributed by atoms with E-state index in [2.05, 4.69) is 5.32 Å². The van der Waals surface area contributed by atoms with E-state index in [9.17, 15) is 4.39 Å². The van der Waals surface area contributed by atoms with E-state index >= 15 is 0 Å². The standard InChI is InChI=1S/C10H14FN/c1-3-4-8-7-9(11)5-6-10(8)12-2/h3-4,7,12H,5-6H2,1-2H3/b4-3-. The van der Waals surface area contributed by atoms with Crippen LogP contribution in [0.2, 0.25) is 0 Å². The van der Waals surface area contributed by atoms with Crippen LogP contribution < -0.4 is 5.32 Å². The van der Waals surface area contributed by atoms with Gasteiger partial charge in [-0.15, -0.1) is 0 Å². The van der Waals surface area contributed by atoms with Gasteiger partial charge in [-0.05, 0) is 25.0 Å². The molecule has 66 valence electrons. The molecular weight excluding hydrogens is 153 g/mol. The molecular formula is C10H14FN. The average Bonchev–Trinajstić information content (AvgIpc) is 2.05. The van der Waals surface area contributed by atoms with E-state index in [0.29, 0.717) is 6.42 Å². The summed E-state index contributed by atoms with van der Waals surface area (Å²) in [5, 5.41) is 3.08. The first kappa shape index (κ1) is 9.04. The summed E-state index contributed by atoms with van der Waals surface area (Å²) in [5.41, 5.74) is 2.08. The Morgan fingerprint density at radius 1 is 1.50 bits per heavy atom. The first-order valence-corrected chi connectivity index (χ1v) is 4.17. The Kier molecular flexibility index (Phi) is 3.09. The Balaban J connectivity index is 2.92. The van der Waals surface area contributed by atoms with Gasteiger partial charge in [0.1, 0.15) is 5.83 Å². The third-order valence-corrected chi connectivity index (χ3v) is 1.92. The van der Waals surface area contributed by atoms with Crippen molar-refractivity contribution in [3.8, 4) is 0 Å². The number of hydrogen-bond donors (Lipinski definition) is 1.